The van der Waals surface area contributed by atoms with Crippen molar-refractivity contribution in [3.63, 3.8) is 0 Å². The molecule has 0 N–H and O–H groups in total. The van der Waals surface area contributed by atoms with Crippen LogP contribution in [0.5, 0.6) is 11.5 Å². The van der Waals surface area contributed by atoms with Crippen molar-refractivity contribution in [3.05, 3.63) is 113 Å². The van der Waals surface area contributed by atoms with Gasteiger partial charge in [-0.05, 0) is 93.2 Å². The molecule has 1 nitrogen and oxygen atoms in total. The summed E-state index contributed by atoms with van der Waals surface area (Å²) in [6, 6.07) is 26.4. The maximum absolute atomic E-state index is 6.35. The van der Waals surface area contributed by atoms with Crippen molar-refractivity contribution in [2.24, 2.45) is 17.8 Å². The molecule has 0 spiro atoms. The zero-order valence-corrected chi connectivity index (χ0v) is 22.5. The average molecular weight is 475 g/mol. The van der Waals surface area contributed by atoms with E-state index in [1.165, 1.54) is 39.8 Å². The molecular weight excluding hydrogens is 436 g/mol. The van der Waals surface area contributed by atoms with E-state index in [4.69, 9.17) is 4.74 Å². The summed E-state index contributed by atoms with van der Waals surface area (Å²) in [5.41, 5.74) is 8.65. The van der Waals surface area contributed by atoms with Crippen LogP contribution in [0.15, 0.2) is 90.5 Å². The average Bonchev–Trinajstić information content (AvgIpc) is 3.29. The van der Waals surface area contributed by atoms with E-state index in [9.17, 15) is 0 Å². The topological polar surface area (TPSA) is 9.23 Å². The van der Waals surface area contributed by atoms with Gasteiger partial charge in [-0.1, -0.05) is 102 Å². The number of rotatable bonds is 3. The van der Waals surface area contributed by atoms with Crippen LogP contribution < -0.4 is 4.74 Å². The number of fused-ring (bicyclic) bond motifs is 4. The van der Waals surface area contributed by atoms with Crippen LogP contribution >= 0.6 is 0 Å². The van der Waals surface area contributed by atoms with Crippen molar-refractivity contribution in [3.8, 4) is 11.5 Å². The normalized spacial score (nSPS) is 25.9. The summed E-state index contributed by atoms with van der Waals surface area (Å²) in [6.45, 7) is 13.9. The third kappa shape index (κ3) is 3.76. The molecular formula is C35H38O. The molecule has 36 heavy (non-hydrogen) atoms. The monoisotopic (exact) mass is 474 g/mol. The zero-order chi connectivity index (χ0) is 25.2. The number of hydrogen-bond donors (Lipinski definition) is 0. The van der Waals surface area contributed by atoms with Crippen LogP contribution in [0.25, 0.3) is 5.57 Å². The van der Waals surface area contributed by atoms with Gasteiger partial charge in [0.15, 0.2) is 0 Å². The first kappa shape index (κ1) is 23.3. The van der Waals surface area contributed by atoms with Crippen molar-refractivity contribution in [2.45, 2.75) is 64.7 Å². The van der Waals surface area contributed by atoms with Gasteiger partial charge >= 0.3 is 0 Å². The van der Waals surface area contributed by atoms with Gasteiger partial charge in [0.25, 0.3) is 0 Å². The van der Waals surface area contributed by atoms with Crippen LogP contribution in [0.4, 0.5) is 0 Å². The predicted octanol–water partition coefficient (Wildman–Crippen LogP) is 9.45. The summed E-state index contributed by atoms with van der Waals surface area (Å²) in [4.78, 5) is 0. The zero-order valence-electron chi connectivity index (χ0n) is 22.5. The maximum atomic E-state index is 6.35. The molecule has 0 aromatic heterocycles. The van der Waals surface area contributed by atoms with Crippen molar-refractivity contribution < 1.29 is 4.74 Å². The first-order valence-electron chi connectivity index (χ1n) is 13.6. The van der Waals surface area contributed by atoms with E-state index in [1.807, 2.05) is 0 Å². The number of ether oxygens (including phenoxy) is 1. The highest BCUT2D eigenvalue weighted by Gasteiger charge is 2.47. The van der Waals surface area contributed by atoms with Crippen molar-refractivity contribution in [1.82, 2.24) is 0 Å². The fraction of sp³-hybridized carbons (Fsp3) is 0.371. The molecule has 1 fully saturated rings. The van der Waals surface area contributed by atoms with Gasteiger partial charge in [-0.2, -0.15) is 0 Å². The third-order valence-electron chi connectivity index (χ3n) is 9.01. The van der Waals surface area contributed by atoms with Crippen LogP contribution in [0.1, 0.15) is 76.1 Å². The lowest BCUT2D eigenvalue weighted by molar-refractivity contribution is 0.440. The highest BCUT2D eigenvalue weighted by Crippen LogP contribution is 2.59. The van der Waals surface area contributed by atoms with Gasteiger partial charge in [-0.15, -0.1) is 0 Å². The summed E-state index contributed by atoms with van der Waals surface area (Å²) < 4.78 is 6.35. The number of allylic oxidation sites excluding steroid dienone is 4. The lowest BCUT2D eigenvalue weighted by Crippen LogP contribution is -2.22. The van der Waals surface area contributed by atoms with E-state index in [2.05, 4.69) is 126 Å². The van der Waals surface area contributed by atoms with Crippen LogP contribution in [-0.4, -0.2) is 0 Å². The van der Waals surface area contributed by atoms with Gasteiger partial charge in [-0.3, -0.25) is 0 Å². The van der Waals surface area contributed by atoms with Gasteiger partial charge in [0, 0.05) is 5.41 Å². The lowest BCUT2D eigenvalue weighted by atomic mass is 9.73. The smallest absolute Gasteiger partial charge is 0.127 e. The van der Waals surface area contributed by atoms with Gasteiger partial charge in [0.2, 0.25) is 0 Å². The van der Waals surface area contributed by atoms with E-state index >= 15 is 0 Å². The first-order valence-corrected chi connectivity index (χ1v) is 13.6. The largest absolute Gasteiger partial charge is 0.457 e. The molecule has 3 aliphatic rings. The minimum atomic E-state index is -0.0331. The van der Waals surface area contributed by atoms with Crippen LogP contribution in [-0.2, 0) is 10.8 Å². The molecule has 0 bridgehead atoms. The predicted molar refractivity (Wildman–Crippen MR) is 151 cm³/mol. The molecule has 0 saturated heterocycles. The van der Waals surface area contributed by atoms with Crippen molar-refractivity contribution in [2.75, 3.05) is 0 Å². The Morgan fingerprint density at radius 2 is 1.50 bits per heavy atom. The molecule has 3 aromatic rings. The molecule has 3 aliphatic carbocycles. The summed E-state index contributed by atoms with van der Waals surface area (Å²) in [6.07, 6.45) is 6.53. The van der Waals surface area contributed by atoms with E-state index < -0.39 is 0 Å². The molecule has 6 rings (SSSR count). The fourth-order valence-electron chi connectivity index (χ4n) is 6.91. The second kappa shape index (κ2) is 8.23. The second-order valence-electron chi connectivity index (χ2n) is 12.8. The summed E-state index contributed by atoms with van der Waals surface area (Å²) >= 11 is 0. The van der Waals surface area contributed by atoms with E-state index in [1.54, 1.807) is 0 Å². The Hall–Kier alpha value is -3.06. The van der Waals surface area contributed by atoms with Crippen molar-refractivity contribution >= 4 is 5.57 Å². The molecule has 3 aromatic carbocycles. The summed E-state index contributed by atoms with van der Waals surface area (Å²) in [7, 11) is 0. The number of benzene rings is 3. The molecule has 0 radical (unpaired) electrons. The minimum Gasteiger partial charge on any atom is -0.457 e. The minimum absolute atomic E-state index is 0.0331. The number of hydrogen-bond acceptors (Lipinski definition) is 1. The highest BCUT2D eigenvalue weighted by atomic mass is 16.5. The Morgan fingerprint density at radius 1 is 0.806 bits per heavy atom. The van der Waals surface area contributed by atoms with Gasteiger partial charge in [0.1, 0.15) is 11.5 Å². The standard InChI is InChI=1S/C35H38O/c1-22-18-29(23-10-8-7-9-11-23)30-21-33-31(20-28(22)30)27-17-16-26(19-32(27)35(33,5)6)36-25-14-12-24(13-15-25)34(2,3)4/h7-17,19-22,28-30H,18H2,1-6H3. The van der Waals surface area contributed by atoms with E-state index in [0.717, 1.165) is 11.5 Å². The second-order valence-corrected chi connectivity index (χ2v) is 12.8. The molecule has 0 aliphatic heterocycles. The lowest BCUT2D eigenvalue weighted by Gasteiger charge is -2.31. The maximum Gasteiger partial charge on any atom is 0.127 e. The molecule has 4 unspecified atom stereocenters. The SMILES string of the molecule is CC1CC(c2ccccc2)C2C=C3C(=CC12)c1ccc(Oc2ccc(C(C)(C)C)cc2)cc1C3(C)C. The Balaban J connectivity index is 1.33. The quantitative estimate of drug-likeness (QED) is 0.367. The molecule has 0 amide bonds. The van der Waals surface area contributed by atoms with E-state index in [-0.39, 0.29) is 10.8 Å². The van der Waals surface area contributed by atoms with Crippen molar-refractivity contribution in [1.29, 1.82) is 0 Å². The van der Waals surface area contributed by atoms with Gasteiger partial charge in [-0.25, -0.2) is 0 Å². The Kier molecular flexibility index (Phi) is 5.34. The van der Waals surface area contributed by atoms with Gasteiger partial charge < -0.3 is 4.74 Å². The Bertz CT molecular complexity index is 1350. The third-order valence-corrected chi connectivity index (χ3v) is 9.01. The molecule has 4 atom stereocenters. The Labute approximate surface area is 216 Å². The Morgan fingerprint density at radius 3 is 2.19 bits per heavy atom. The highest BCUT2D eigenvalue weighted by molar-refractivity contribution is 5.91. The van der Waals surface area contributed by atoms with Crippen LogP contribution in [0.2, 0.25) is 0 Å². The summed E-state index contributed by atoms with van der Waals surface area (Å²) in [5, 5.41) is 0. The molecule has 1 saturated carbocycles. The van der Waals surface area contributed by atoms with Crippen LogP contribution in [0, 0.1) is 17.8 Å². The molecule has 0 heterocycles. The molecule has 184 valence electrons. The fourth-order valence-corrected chi connectivity index (χ4v) is 6.91. The molecule has 1 heteroatoms. The van der Waals surface area contributed by atoms with E-state index in [0.29, 0.717) is 23.7 Å². The van der Waals surface area contributed by atoms with Crippen LogP contribution in [0.3, 0.4) is 0 Å². The van der Waals surface area contributed by atoms with Gasteiger partial charge in [0.05, 0.1) is 0 Å². The first-order chi connectivity index (χ1) is 17.1. The summed E-state index contributed by atoms with van der Waals surface area (Å²) in [5.74, 6) is 4.28.